The lowest BCUT2D eigenvalue weighted by atomic mass is 10.7. The van der Waals surface area contributed by atoms with E-state index in [1.165, 1.54) is 6.08 Å². The third kappa shape index (κ3) is 5.82. The third-order valence-corrected chi connectivity index (χ3v) is 1.00. The molecule has 0 spiro atoms. The summed E-state index contributed by atoms with van der Waals surface area (Å²) in [6.07, 6.45) is 1.29. The van der Waals surface area contributed by atoms with E-state index in [9.17, 15) is 8.76 Å². The van der Waals surface area contributed by atoms with Gasteiger partial charge < -0.3 is 4.89 Å². The monoisotopic (exact) mass is 139 g/mol. The van der Waals surface area contributed by atoms with Gasteiger partial charge in [-0.05, 0) is 0 Å². The molecule has 0 rings (SSSR count). The van der Waals surface area contributed by atoms with Gasteiger partial charge in [-0.1, -0.05) is 6.08 Å². The van der Waals surface area contributed by atoms with Gasteiger partial charge in [0.25, 0.3) is 0 Å². The van der Waals surface area contributed by atoms with Crippen LogP contribution in [0.15, 0.2) is 12.7 Å². The summed E-state index contributed by atoms with van der Waals surface area (Å²) >= 11 is 0. The molecule has 0 saturated carbocycles. The molecule has 8 heavy (non-hydrogen) atoms. The highest BCUT2D eigenvalue weighted by Gasteiger charge is 2.11. The van der Waals surface area contributed by atoms with Gasteiger partial charge in [0.15, 0.2) is 0 Å². The molecule has 0 heterocycles. The van der Waals surface area contributed by atoms with Crippen LogP contribution in [0.25, 0.3) is 0 Å². The van der Waals surface area contributed by atoms with Crippen molar-refractivity contribution in [1.82, 2.24) is 5.09 Å². The lowest BCUT2D eigenvalue weighted by Gasteiger charge is -1.97. The molecule has 48 valence electrons. The molecule has 0 aromatic rings. The van der Waals surface area contributed by atoms with E-state index >= 15 is 0 Å². The quantitative estimate of drug-likeness (QED) is 0.449. The second-order valence-electron chi connectivity index (χ2n) is 1.15. The summed E-state index contributed by atoms with van der Waals surface area (Å²) in [7, 11) is -4.50. The highest BCUT2D eigenvalue weighted by molar-refractivity contribution is 7.50. The smallest absolute Gasteiger partial charge is 0.309 e. The summed E-state index contributed by atoms with van der Waals surface area (Å²) < 4.78 is 21.2. The SMILES string of the molecule is C=CCNP(=O)(O)F. The largest absolute Gasteiger partial charge is 0.440 e. The van der Waals surface area contributed by atoms with Crippen LogP contribution in [0.3, 0.4) is 0 Å². The van der Waals surface area contributed by atoms with Gasteiger partial charge in [-0.15, -0.1) is 10.8 Å². The first-order chi connectivity index (χ1) is 3.56. The fraction of sp³-hybridized carbons (Fsp3) is 0.333. The van der Waals surface area contributed by atoms with Crippen molar-refractivity contribution >= 4 is 7.83 Å². The highest BCUT2D eigenvalue weighted by atomic mass is 31.2. The fourth-order valence-corrected chi connectivity index (χ4v) is 0.531. The van der Waals surface area contributed by atoms with E-state index in [1.807, 2.05) is 0 Å². The number of nitrogens with one attached hydrogen (secondary N) is 1. The molecule has 0 saturated heterocycles. The van der Waals surface area contributed by atoms with Crippen LogP contribution in [0.1, 0.15) is 0 Å². The Balaban J connectivity index is 3.40. The van der Waals surface area contributed by atoms with Gasteiger partial charge in [0.05, 0.1) is 0 Å². The van der Waals surface area contributed by atoms with Crippen molar-refractivity contribution in [2.75, 3.05) is 6.54 Å². The van der Waals surface area contributed by atoms with Crippen LogP contribution in [-0.4, -0.2) is 11.4 Å². The van der Waals surface area contributed by atoms with E-state index in [1.54, 1.807) is 5.09 Å². The fourth-order valence-electron chi connectivity index (χ4n) is 0.177. The predicted octanol–water partition coefficient (Wildman–Crippen LogP) is 0.832. The summed E-state index contributed by atoms with van der Waals surface area (Å²) in [5, 5.41) is 1.70. The van der Waals surface area contributed by atoms with Gasteiger partial charge in [0.1, 0.15) is 0 Å². The first kappa shape index (κ1) is 7.82. The summed E-state index contributed by atoms with van der Waals surface area (Å²) in [6.45, 7) is 3.21. The molecule has 1 atom stereocenters. The minimum absolute atomic E-state index is 0.00424. The zero-order valence-electron chi connectivity index (χ0n) is 4.17. The molecule has 0 fully saturated rings. The topological polar surface area (TPSA) is 49.3 Å². The van der Waals surface area contributed by atoms with Crippen LogP contribution in [0, 0.1) is 0 Å². The van der Waals surface area contributed by atoms with Crippen LogP contribution >= 0.6 is 7.83 Å². The Bertz CT molecular complexity index is 120. The Kier molecular flexibility index (Phi) is 2.90. The molecule has 5 heteroatoms. The summed E-state index contributed by atoms with van der Waals surface area (Å²) in [5.74, 6) is 0. The zero-order chi connectivity index (χ0) is 6.62. The van der Waals surface area contributed by atoms with Gasteiger partial charge in [0.2, 0.25) is 0 Å². The Labute approximate surface area is 46.8 Å². The van der Waals surface area contributed by atoms with Crippen molar-refractivity contribution in [2.45, 2.75) is 0 Å². The normalized spacial score (nSPS) is 17.2. The number of hydrogen-bond acceptors (Lipinski definition) is 1. The van der Waals surface area contributed by atoms with Crippen molar-refractivity contribution in [2.24, 2.45) is 0 Å². The van der Waals surface area contributed by atoms with Gasteiger partial charge in [-0.2, -0.15) is 0 Å². The minimum atomic E-state index is -4.50. The Morgan fingerprint density at radius 3 is 2.62 bits per heavy atom. The molecule has 0 aliphatic rings. The second kappa shape index (κ2) is 2.97. The number of halogens is 1. The van der Waals surface area contributed by atoms with Gasteiger partial charge in [0, 0.05) is 6.54 Å². The average Bonchev–Trinajstić information content (AvgIpc) is 1.59. The molecular weight excluding hydrogens is 132 g/mol. The molecule has 3 nitrogen and oxygen atoms in total. The van der Waals surface area contributed by atoms with E-state index in [-0.39, 0.29) is 6.54 Å². The maximum Gasteiger partial charge on any atom is 0.440 e. The molecule has 0 bridgehead atoms. The lowest BCUT2D eigenvalue weighted by molar-refractivity contribution is 0.416. The van der Waals surface area contributed by atoms with Crippen molar-refractivity contribution in [1.29, 1.82) is 0 Å². The predicted molar refractivity (Wildman–Crippen MR) is 29.1 cm³/mol. The standard InChI is InChI=1S/C3H7FNO2P/c1-2-3-5-8(4,6)7/h2H,1,3H2,(H2,5,6,7). The number of hydrogen-bond donors (Lipinski definition) is 2. The van der Waals surface area contributed by atoms with Gasteiger partial charge in [-0.25, -0.2) is 9.65 Å². The number of rotatable bonds is 3. The van der Waals surface area contributed by atoms with Crippen LogP contribution in [-0.2, 0) is 4.57 Å². The van der Waals surface area contributed by atoms with Crippen molar-refractivity contribution in [3.05, 3.63) is 12.7 Å². The molecule has 0 aliphatic heterocycles. The molecule has 0 radical (unpaired) electrons. The van der Waals surface area contributed by atoms with Gasteiger partial charge >= 0.3 is 7.83 Å². The molecule has 2 N–H and O–H groups in total. The first-order valence-corrected chi connectivity index (χ1v) is 3.50. The summed E-state index contributed by atoms with van der Waals surface area (Å²) in [4.78, 5) is 7.88. The van der Waals surface area contributed by atoms with E-state index in [4.69, 9.17) is 4.89 Å². The maximum absolute atomic E-state index is 11.5. The Hall–Kier alpha value is -0.180. The Morgan fingerprint density at radius 1 is 2.00 bits per heavy atom. The minimum Gasteiger partial charge on any atom is -0.309 e. The van der Waals surface area contributed by atoms with Crippen molar-refractivity contribution in [3.8, 4) is 0 Å². The van der Waals surface area contributed by atoms with Crippen LogP contribution in [0.4, 0.5) is 4.20 Å². The second-order valence-corrected chi connectivity index (χ2v) is 2.47. The summed E-state index contributed by atoms with van der Waals surface area (Å²) in [5.41, 5.74) is 0. The van der Waals surface area contributed by atoms with E-state index in [2.05, 4.69) is 6.58 Å². The molecule has 0 aliphatic carbocycles. The summed E-state index contributed by atoms with van der Waals surface area (Å²) in [6, 6.07) is 0. The van der Waals surface area contributed by atoms with Crippen LogP contribution in [0.5, 0.6) is 0 Å². The average molecular weight is 139 g/mol. The third-order valence-electron chi connectivity index (χ3n) is 0.431. The van der Waals surface area contributed by atoms with E-state index in [0.29, 0.717) is 0 Å². The molecule has 0 aromatic heterocycles. The lowest BCUT2D eigenvalue weighted by Crippen LogP contribution is -2.05. The van der Waals surface area contributed by atoms with Gasteiger partial charge in [-0.3, -0.25) is 0 Å². The molecule has 0 aromatic carbocycles. The Morgan fingerprint density at radius 2 is 2.50 bits per heavy atom. The first-order valence-electron chi connectivity index (χ1n) is 1.95. The van der Waals surface area contributed by atoms with Crippen LogP contribution in [0.2, 0.25) is 0 Å². The molecule has 1 unspecified atom stereocenters. The molecular formula is C3H7FNO2P. The highest BCUT2D eigenvalue weighted by Crippen LogP contribution is 2.35. The van der Waals surface area contributed by atoms with E-state index < -0.39 is 7.83 Å². The maximum atomic E-state index is 11.5. The van der Waals surface area contributed by atoms with Crippen molar-refractivity contribution in [3.63, 3.8) is 0 Å². The van der Waals surface area contributed by atoms with E-state index in [0.717, 1.165) is 0 Å². The zero-order valence-corrected chi connectivity index (χ0v) is 5.07. The van der Waals surface area contributed by atoms with Crippen LogP contribution < -0.4 is 5.09 Å². The molecule has 0 amide bonds. The van der Waals surface area contributed by atoms with Crippen molar-refractivity contribution < 1.29 is 13.7 Å².